The number of halogens is 2. The number of ether oxygens (including phenoxy) is 1. The molecule has 0 radical (unpaired) electrons. The van der Waals surface area contributed by atoms with E-state index < -0.39 is 28.6 Å². The number of thiazole rings is 1. The molecule has 8 nitrogen and oxygen atoms in total. The van der Waals surface area contributed by atoms with Crippen molar-refractivity contribution in [1.82, 2.24) is 10.3 Å². The minimum Gasteiger partial charge on any atom is -0.484 e. The summed E-state index contributed by atoms with van der Waals surface area (Å²) < 4.78 is 32.9. The first-order valence-electron chi connectivity index (χ1n) is 14.0. The molecule has 5 atom stereocenters. The van der Waals surface area contributed by atoms with Gasteiger partial charge >= 0.3 is 0 Å². The molecule has 5 unspecified atom stereocenters. The Kier molecular flexibility index (Phi) is 8.63. The van der Waals surface area contributed by atoms with Crippen molar-refractivity contribution in [3.05, 3.63) is 76.3 Å². The zero-order valence-corrected chi connectivity index (χ0v) is 24.3. The Bertz CT molecular complexity index is 1430. The zero-order chi connectivity index (χ0) is 30.1. The van der Waals surface area contributed by atoms with Crippen molar-refractivity contribution in [3.8, 4) is 5.75 Å². The first-order valence-corrected chi connectivity index (χ1v) is 14.8. The average Bonchev–Trinajstić information content (AvgIpc) is 3.36. The zero-order valence-electron chi connectivity index (χ0n) is 23.5. The third kappa shape index (κ3) is 6.04. The van der Waals surface area contributed by atoms with E-state index in [0.29, 0.717) is 41.4 Å². The number of para-hydroxylation sites is 1. The predicted molar refractivity (Wildman–Crippen MR) is 154 cm³/mol. The molecule has 3 aromatic rings. The van der Waals surface area contributed by atoms with Crippen LogP contribution in [0, 0.1) is 28.4 Å². The highest BCUT2D eigenvalue weighted by atomic mass is 32.1. The van der Waals surface area contributed by atoms with Gasteiger partial charge in [0.2, 0.25) is 5.91 Å². The highest BCUT2D eigenvalue weighted by Crippen LogP contribution is 2.62. The van der Waals surface area contributed by atoms with Gasteiger partial charge in [-0.2, -0.15) is 0 Å². The normalized spacial score (nSPS) is 26.6. The number of hydrogen-bond acceptors (Lipinski definition) is 7. The minimum absolute atomic E-state index is 0.0416. The van der Waals surface area contributed by atoms with Crippen LogP contribution in [-0.2, 0) is 22.6 Å². The van der Waals surface area contributed by atoms with Crippen molar-refractivity contribution in [2.24, 2.45) is 16.7 Å². The van der Waals surface area contributed by atoms with Crippen LogP contribution in [0.4, 0.5) is 13.9 Å². The maximum absolute atomic E-state index is 13.7. The molecule has 224 valence electrons. The van der Waals surface area contributed by atoms with Crippen molar-refractivity contribution in [2.45, 2.75) is 58.1 Å². The van der Waals surface area contributed by atoms with E-state index in [1.54, 1.807) is 12.1 Å². The van der Waals surface area contributed by atoms with Gasteiger partial charge in [-0.3, -0.25) is 14.9 Å². The van der Waals surface area contributed by atoms with Gasteiger partial charge < -0.3 is 20.3 Å². The van der Waals surface area contributed by atoms with Crippen LogP contribution in [0.5, 0.6) is 5.75 Å². The number of aromatic nitrogens is 1. The standard InChI is InChI=1S/C31H35F2N3O5S/c1-30-9-8-25(38)31(2,17-37)24(30)14-23-28(22(30)13-26(39)34-15-18-10-19(32)12-20(33)11-18)36-29(42-23)35-27(40)16-41-21-6-4-3-5-7-21/h3-7,10-12,22,24-25,37-38H,8-9,13-17H2,1-2H3,(H,34,39)(H,35,36,40). The highest BCUT2D eigenvalue weighted by Gasteiger charge is 2.59. The summed E-state index contributed by atoms with van der Waals surface area (Å²) in [6.45, 7) is 3.50. The fourth-order valence-corrected chi connectivity index (χ4v) is 7.78. The van der Waals surface area contributed by atoms with Crippen molar-refractivity contribution in [2.75, 3.05) is 18.5 Å². The molecule has 2 aliphatic rings. The molecule has 5 rings (SSSR count). The minimum atomic E-state index is -0.796. The first kappa shape index (κ1) is 30.1. The van der Waals surface area contributed by atoms with Crippen LogP contribution in [0.25, 0.3) is 0 Å². The smallest absolute Gasteiger partial charge is 0.264 e. The number of amides is 2. The van der Waals surface area contributed by atoms with E-state index in [2.05, 4.69) is 17.6 Å². The van der Waals surface area contributed by atoms with Gasteiger partial charge in [-0.25, -0.2) is 13.8 Å². The molecular formula is C31H35F2N3O5S. The summed E-state index contributed by atoms with van der Waals surface area (Å²) in [5.41, 5.74) is -0.270. The van der Waals surface area contributed by atoms with E-state index in [-0.39, 0.29) is 49.8 Å². The molecule has 1 heterocycles. The molecule has 0 saturated heterocycles. The second-order valence-corrected chi connectivity index (χ2v) is 12.9. The molecule has 11 heteroatoms. The fraction of sp³-hybridized carbons (Fsp3) is 0.452. The summed E-state index contributed by atoms with van der Waals surface area (Å²) in [6, 6.07) is 12.1. The van der Waals surface area contributed by atoms with Crippen LogP contribution in [0.1, 0.15) is 55.2 Å². The molecule has 4 N–H and O–H groups in total. The monoisotopic (exact) mass is 599 g/mol. The van der Waals surface area contributed by atoms with Crippen molar-refractivity contribution >= 4 is 28.3 Å². The molecule has 1 fully saturated rings. The maximum Gasteiger partial charge on any atom is 0.264 e. The molecule has 2 aromatic carbocycles. The number of carbonyl (C=O) groups is 2. The van der Waals surface area contributed by atoms with Crippen molar-refractivity contribution < 1.29 is 33.3 Å². The van der Waals surface area contributed by atoms with Gasteiger partial charge in [0.15, 0.2) is 11.7 Å². The van der Waals surface area contributed by atoms with Gasteiger partial charge in [-0.1, -0.05) is 32.0 Å². The Morgan fingerprint density at radius 2 is 1.83 bits per heavy atom. The molecule has 2 amide bonds. The predicted octanol–water partition coefficient (Wildman–Crippen LogP) is 4.56. The van der Waals surface area contributed by atoms with Crippen molar-refractivity contribution in [3.63, 3.8) is 0 Å². The summed E-state index contributed by atoms with van der Waals surface area (Å²) in [7, 11) is 0. The Hall–Kier alpha value is -3.41. The molecule has 2 aliphatic carbocycles. The molecule has 0 aliphatic heterocycles. The van der Waals surface area contributed by atoms with E-state index in [1.165, 1.54) is 23.5 Å². The van der Waals surface area contributed by atoms with E-state index in [0.717, 1.165) is 10.9 Å². The summed E-state index contributed by atoms with van der Waals surface area (Å²) >= 11 is 1.32. The van der Waals surface area contributed by atoms with Crippen LogP contribution in [-0.4, -0.2) is 46.3 Å². The van der Waals surface area contributed by atoms with Gasteiger partial charge in [0.1, 0.15) is 17.4 Å². The number of anilines is 1. The number of nitrogens with zero attached hydrogens (tertiary/aromatic N) is 1. The lowest BCUT2D eigenvalue weighted by Gasteiger charge is -2.58. The number of aliphatic hydroxyl groups excluding tert-OH is 2. The SMILES string of the molecule is CC1(CO)C(O)CCC2(C)C(CC(=O)NCc3cc(F)cc(F)c3)c3nc(NC(=O)COc4ccccc4)sc3CC12. The lowest BCUT2D eigenvalue weighted by atomic mass is 9.47. The Morgan fingerprint density at radius 3 is 2.52 bits per heavy atom. The summed E-state index contributed by atoms with van der Waals surface area (Å²) in [4.78, 5) is 31.6. The molecule has 0 bridgehead atoms. The van der Waals surface area contributed by atoms with E-state index >= 15 is 0 Å². The Labute approximate surface area is 247 Å². The molecule has 42 heavy (non-hydrogen) atoms. The average molecular weight is 600 g/mol. The number of fused-ring (bicyclic) bond motifs is 2. The second-order valence-electron chi connectivity index (χ2n) is 11.8. The van der Waals surface area contributed by atoms with Gasteiger partial charge in [-0.15, -0.1) is 11.3 Å². The fourth-order valence-electron chi connectivity index (χ4n) is 6.69. The third-order valence-electron chi connectivity index (χ3n) is 9.05. The quantitative estimate of drug-likeness (QED) is 0.286. The number of carbonyl (C=O) groups excluding carboxylic acids is 2. The van der Waals surface area contributed by atoms with Gasteiger partial charge in [0, 0.05) is 35.2 Å². The second kappa shape index (κ2) is 12.1. The summed E-state index contributed by atoms with van der Waals surface area (Å²) in [5, 5.41) is 27.4. The van der Waals surface area contributed by atoms with Crippen LogP contribution in [0.3, 0.4) is 0 Å². The van der Waals surface area contributed by atoms with E-state index in [1.807, 2.05) is 25.1 Å². The van der Waals surface area contributed by atoms with Crippen LogP contribution < -0.4 is 15.4 Å². The summed E-state index contributed by atoms with van der Waals surface area (Å²) in [6.07, 6.45) is 0.954. The number of rotatable bonds is 9. The van der Waals surface area contributed by atoms with Gasteiger partial charge in [0.05, 0.1) is 18.4 Å². The molecule has 1 aromatic heterocycles. The maximum atomic E-state index is 13.7. The highest BCUT2D eigenvalue weighted by molar-refractivity contribution is 7.15. The van der Waals surface area contributed by atoms with Crippen LogP contribution >= 0.6 is 11.3 Å². The topological polar surface area (TPSA) is 121 Å². The molecule has 1 saturated carbocycles. The third-order valence-corrected chi connectivity index (χ3v) is 10.1. The number of hydrogen-bond donors (Lipinski definition) is 4. The van der Waals surface area contributed by atoms with Crippen molar-refractivity contribution in [1.29, 1.82) is 0 Å². The van der Waals surface area contributed by atoms with E-state index in [4.69, 9.17) is 9.72 Å². The number of benzene rings is 2. The van der Waals surface area contributed by atoms with Gasteiger partial charge in [0.25, 0.3) is 5.91 Å². The summed E-state index contributed by atoms with van der Waals surface area (Å²) in [5.74, 6) is -2.10. The molecular weight excluding hydrogens is 564 g/mol. The Morgan fingerprint density at radius 1 is 1.12 bits per heavy atom. The largest absolute Gasteiger partial charge is 0.484 e. The first-order chi connectivity index (χ1) is 20.0. The molecule has 0 spiro atoms. The Balaban J connectivity index is 1.38. The van der Waals surface area contributed by atoms with Gasteiger partial charge in [-0.05, 0) is 60.4 Å². The van der Waals surface area contributed by atoms with E-state index in [9.17, 15) is 28.6 Å². The number of aliphatic hydroxyl groups is 2. The lowest BCUT2D eigenvalue weighted by molar-refractivity contribution is -0.144. The van der Waals surface area contributed by atoms with Crippen LogP contribution in [0.15, 0.2) is 48.5 Å². The lowest BCUT2D eigenvalue weighted by Crippen LogP contribution is -2.57. The number of nitrogens with one attached hydrogen (secondary N) is 2. The van der Waals surface area contributed by atoms with Crippen LogP contribution in [0.2, 0.25) is 0 Å².